The van der Waals surface area contributed by atoms with E-state index in [0.29, 0.717) is 25.7 Å². The van der Waals surface area contributed by atoms with Crippen molar-refractivity contribution >= 4 is 17.5 Å². The summed E-state index contributed by atoms with van der Waals surface area (Å²) in [6.45, 7) is 15.3. The summed E-state index contributed by atoms with van der Waals surface area (Å²) in [7, 11) is 0. The van der Waals surface area contributed by atoms with Gasteiger partial charge in [0.2, 0.25) is 6.19 Å². The molecule has 5 aliphatic carbocycles. The minimum absolute atomic E-state index is 0.0368. The Hall–Kier alpha value is -2.26. The molecule has 0 spiro atoms. The number of amides is 1. The zero-order valence-electron chi connectivity index (χ0n) is 23.5. The Kier molecular flexibility index (Phi) is 5.45. The Morgan fingerprint density at radius 2 is 1.68 bits per heavy atom. The first-order valence-corrected chi connectivity index (χ1v) is 13.9. The Labute approximate surface area is 221 Å². The fourth-order valence-corrected chi connectivity index (χ4v) is 9.97. The molecule has 6 heteroatoms. The lowest BCUT2D eigenvalue weighted by Crippen LogP contribution is -2.66. The number of carbonyl (C=O) groups is 3. The Morgan fingerprint density at radius 1 is 1.03 bits per heavy atom. The van der Waals surface area contributed by atoms with E-state index in [2.05, 4.69) is 40.7 Å². The molecule has 7 atom stereocenters. The van der Waals surface area contributed by atoms with E-state index in [4.69, 9.17) is 0 Å². The number of fused-ring (bicyclic) bond motifs is 7. The van der Waals surface area contributed by atoms with Gasteiger partial charge >= 0.3 is 0 Å². The van der Waals surface area contributed by atoms with E-state index in [0.717, 1.165) is 24.8 Å². The number of nitriles is 1. The van der Waals surface area contributed by atoms with Gasteiger partial charge in [0, 0.05) is 16.7 Å². The van der Waals surface area contributed by atoms with Crippen LogP contribution in [0.2, 0.25) is 0 Å². The van der Waals surface area contributed by atoms with E-state index in [-0.39, 0.29) is 56.0 Å². The lowest BCUT2D eigenvalue weighted by molar-refractivity contribution is -0.197. The molecule has 0 heterocycles. The van der Waals surface area contributed by atoms with Crippen molar-refractivity contribution in [2.45, 2.75) is 93.4 Å². The highest BCUT2D eigenvalue weighted by atomic mass is 16.5. The second-order valence-corrected chi connectivity index (χ2v) is 14.8. The molecule has 0 aliphatic heterocycles. The summed E-state index contributed by atoms with van der Waals surface area (Å²) in [5.41, 5.74) is -1.29. The number of allylic oxidation sites excluding steroid dienone is 4. The molecule has 6 nitrogen and oxygen atoms in total. The average molecular weight is 507 g/mol. The third kappa shape index (κ3) is 3.16. The predicted molar refractivity (Wildman–Crippen MR) is 139 cm³/mol. The maximum Gasteiger partial charge on any atom is 0.266 e. The molecule has 5 aliphatic rings. The summed E-state index contributed by atoms with van der Waals surface area (Å²) in [6, 6.07) is 0. The average Bonchev–Trinajstić information content (AvgIpc) is 2.82. The van der Waals surface area contributed by atoms with Gasteiger partial charge < -0.3 is 0 Å². The smallest absolute Gasteiger partial charge is 0.266 e. The number of hydroxylamine groups is 2. The molecule has 0 saturated heterocycles. The van der Waals surface area contributed by atoms with E-state index in [9.17, 15) is 24.9 Å². The molecule has 200 valence electrons. The van der Waals surface area contributed by atoms with Gasteiger partial charge in [0.1, 0.15) is 0 Å². The summed E-state index contributed by atoms with van der Waals surface area (Å²) < 4.78 is 0. The van der Waals surface area contributed by atoms with Crippen molar-refractivity contribution in [2.75, 3.05) is 0 Å². The first-order chi connectivity index (χ1) is 17.0. The van der Waals surface area contributed by atoms with Gasteiger partial charge in [0.05, 0.1) is 5.41 Å². The van der Waals surface area contributed by atoms with Gasteiger partial charge in [-0.3, -0.25) is 19.6 Å². The van der Waals surface area contributed by atoms with Crippen molar-refractivity contribution in [2.24, 2.45) is 50.2 Å². The zero-order chi connectivity index (χ0) is 27.4. The molecular formula is C31H42N2O4. The standard InChI is InChI=1S/C31H42N2O4/c1-26(2)12-14-31(25(36)33(37)18-32)15-13-30(7)24(19(31)17-26)20(34)16-22-28(5)10-9-23(35)27(3,4)21(28)8-11-29(22,30)6/h9-10,16,19,21,24,37H,8,11-15,17H2,1-7H3/t19-,21-,24-,28-,29+,30+,31-/m0/s1. The minimum atomic E-state index is -0.901. The fourth-order valence-electron chi connectivity index (χ4n) is 9.97. The number of carbonyl (C=O) groups excluding carboxylic acids is 3. The third-order valence-electron chi connectivity index (χ3n) is 12.4. The van der Waals surface area contributed by atoms with Crippen LogP contribution in [0.1, 0.15) is 93.4 Å². The van der Waals surface area contributed by atoms with Gasteiger partial charge in [-0.1, -0.05) is 60.1 Å². The van der Waals surface area contributed by atoms with Gasteiger partial charge in [-0.25, -0.2) is 0 Å². The first kappa shape index (κ1) is 26.4. The highest BCUT2D eigenvalue weighted by molar-refractivity contribution is 5.98. The van der Waals surface area contributed by atoms with E-state index in [1.165, 1.54) is 0 Å². The van der Waals surface area contributed by atoms with Crippen molar-refractivity contribution in [3.05, 3.63) is 23.8 Å². The topological polar surface area (TPSA) is 98.5 Å². The summed E-state index contributed by atoms with van der Waals surface area (Å²) in [4.78, 5) is 40.7. The fraction of sp³-hybridized carbons (Fsp3) is 0.742. The van der Waals surface area contributed by atoms with Crippen LogP contribution in [0.25, 0.3) is 0 Å². The van der Waals surface area contributed by atoms with Crippen molar-refractivity contribution in [3.63, 3.8) is 0 Å². The van der Waals surface area contributed by atoms with Crippen LogP contribution in [-0.2, 0) is 14.4 Å². The van der Waals surface area contributed by atoms with Gasteiger partial charge in [-0.05, 0) is 85.2 Å². The summed E-state index contributed by atoms with van der Waals surface area (Å²) >= 11 is 0. The molecular weight excluding hydrogens is 464 g/mol. The van der Waals surface area contributed by atoms with Gasteiger partial charge in [-0.15, -0.1) is 5.06 Å². The van der Waals surface area contributed by atoms with E-state index >= 15 is 0 Å². The quantitative estimate of drug-likeness (QED) is 0.203. The second-order valence-electron chi connectivity index (χ2n) is 14.8. The van der Waals surface area contributed by atoms with Crippen molar-refractivity contribution < 1.29 is 19.6 Å². The van der Waals surface area contributed by atoms with Crippen LogP contribution in [0, 0.1) is 61.7 Å². The number of rotatable bonds is 1. The Morgan fingerprint density at radius 3 is 2.32 bits per heavy atom. The Balaban J connectivity index is 1.68. The predicted octanol–water partition coefficient (Wildman–Crippen LogP) is 6.01. The lowest BCUT2D eigenvalue weighted by atomic mass is 9.34. The van der Waals surface area contributed by atoms with Crippen LogP contribution in [0.4, 0.5) is 0 Å². The Bertz CT molecular complexity index is 1190. The number of nitrogens with zero attached hydrogens (tertiary/aromatic N) is 2. The lowest BCUT2D eigenvalue weighted by Gasteiger charge is -2.68. The van der Waals surface area contributed by atoms with Gasteiger partial charge in [-0.2, -0.15) is 5.26 Å². The van der Waals surface area contributed by atoms with Crippen LogP contribution in [0.5, 0.6) is 0 Å². The molecule has 0 radical (unpaired) electrons. The summed E-state index contributed by atoms with van der Waals surface area (Å²) in [5, 5.41) is 19.8. The molecule has 1 N–H and O–H groups in total. The first-order valence-electron chi connectivity index (χ1n) is 13.9. The number of hydrogen-bond acceptors (Lipinski definition) is 5. The monoisotopic (exact) mass is 506 g/mol. The van der Waals surface area contributed by atoms with Crippen LogP contribution in [-0.4, -0.2) is 27.7 Å². The van der Waals surface area contributed by atoms with Gasteiger partial charge in [0.25, 0.3) is 5.91 Å². The maximum atomic E-state index is 14.3. The van der Waals surface area contributed by atoms with Crippen LogP contribution in [0.3, 0.4) is 0 Å². The number of hydrogen-bond donors (Lipinski definition) is 1. The van der Waals surface area contributed by atoms with Crippen molar-refractivity contribution in [1.29, 1.82) is 5.26 Å². The highest BCUT2D eigenvalue weighted by Gasteiger charge is 2.70. The summed E-state index contributed by atoms with van der Waals surface area (Å²) in [6.07, 6.45) is 12.4. The third-order valence-corrected chi connectivity index (χ3v) is 12.4. The van der Waals surface area contributed by atoms with Gasteiger partial charge in [0.15, 0.2) is 11.6 Å². The van der Waals surface area contributed by atoms with E-state index in [1.54, 1.807) is 12.3 Å². The molecule has 0 aromatic heterocycles. The molecule has 5 rings (SSSR count). The van der Waals surface area contributed by atoms with E-state index in [1.807, 2.05) is 19.9 Å². The minimum Gasteiger partial charge on any atom is -0.295 e. The highest BCUT2D eigenvalue weighted by Crippen LogP contribution is 2.74. The molecule has 0 aromatic rings. The molecule has 0 bridgehead atoms. The summed E-state index contributed by atoms with van der Waals surface area (Å²) in [5.74, 6) is -0.786. The maximum absolute atomic E-state index is 14.3. The second kappa shape index (κ2) is 7.65. The van der Waals surface area contributed by atoms with Crippen molar-refractivity contribution in [3.8, 4) is 6.19 Å². The van der Waals surface area contributed by atoms with E-state index < -0.39 is 16.7 Å². The zero-order valence-corrected chi connectivity index (χ0v) is 23.5. The molecule has 3 saturated carbocycles. The van der Waals surface area contributed by atoms with Crippen molar-refractivity contribution in [1.82, 2.24) is 5.06 Å². The van der Waals surface area contributed by atoms with Crippen LogP contribution in [0.15, 0.2) is 23.8 Å². The molecule has 0 unspecified atom stereocenters. The largest absolute Gasteiger partial charge is 0.295 e. The molecule has 0 aromatic carbocycles. The number of ketones is 2. The van der Waals surface area contributed by atoms with Crippen LogP contribution >= 0.6 is 0 Å². The normalized spacial score (nSPS) is 45.4. The SMILES string of the molecule is CC1(C)CC[C@]2(C(=O)N(O)C#N)CC[C@]3(C)[C@H](C(=O)C=C4[C@@]5(C)C=CC(=O)C(C)(C)[C@@H]5CC[C@]43C)[C@@H]2C1. The molecule has 1 amide bonds. The van der Waals surface area contributed by atoms with Crippen LogP contribution < -0.4 is 0 Å². The molecule has 37 heavy (non-hydrogen) atoms. The molecule has 3 fully saturated rings.